The maximum absolute atomic E-state index is 12.5. The van der Waals surface area contributed by atoms with Gasteiger partial charge >= 0.3 is 0 Å². The monoisotopic (exact) mass is 363 g/mol. The molecule has 0 saturated carbocycles. The number of hydrogen-bond donors (Lipinski definition) is 2. The maximum Gasteiger partial charge on any atom is 0.274 e. The number of rotatable bonds is 6. The van der Waals surface area contributed by atoms with Crippen molar-refractivity contribution in [3.8, 4) is 11.5 Å². The zero-order valence-corrected chi connectivity index (χ0v) is 15.4. The molecule has 2 N–H and O–H groups in total. The molecule has 0 unspecified atom stereocenters. The van der Waals surface area contributed by atoms with Crippen LogP contribution in [0.1, 0.15) is 16.1 Å². The molecule has 6 nitrogen and oxygen atoms in total. The molecule has 6 heteroatoms. The fourth-order valence-electron chi connectivity index (χ4n) is 2.55. The van der Waals surface area contributed by atoms with E-state index in [1.54, 1.807) is 32.5 Å². The number of anilines is 3. The van der Waals surface area contributed by atoms with Crippen LogP contribution in [0.5, 0.6) is 11.5 Å². The molecule has 1 aromatic heterocycles. The van der Waals surface area contributed by atoms with Gasteiger partial charge in [0.1, 0.15) is 17.2 Å². The van der Waals surface area contributed by atoms with Gasteiger partial charge in [0.25, 0.3) is 5.91 Å². The van der Waals surface area contributed by atoms with Crippen LogP contribution in [-0.2, 0) is 0 Å². The summed E-state index contributed by atoms with van der Waals surface area (Å²) in [5.74, 6) is 1.10. The second-order valence-electron chi connectivity index (χ2n) is 5.94. The highest BCUT2D eigenvalue weighted by atomic mass is 16.5. The van der Waals surface area contributed by atoms with Gasteiger partial charge in [0, 0.05) is 5.69 Å². The van der Waals surface area contributed by atoms with E-state index >= 15 is 0 Å². The van der Waals surface area contributed by atoms with Crippen LogP contribution >= 0.6 is 0 Å². The van der Waals surface area contributed by atoms with Crippen molar-refractivity contribution in [2.75, 3.05) is 24.9 Å². The topological polar surface area (TPSA) is 72.5 Å². The van der Waals surface area contributed by atoms with Crippen LogP contribution in [0.15, 0.2) is 60.8 Å². The summed E-state index contributed by atoms with van der Waals surface area (Å²) in [6.07, 6.45) is 1.62. The predicted molar refractivity (Wildman–Crippen MR) is 106 cm³/mol. The standard InChI is InChI=1S/C21H21N3O3/c1-14-4-11-20(27-3)19(12-14)24-21(25)18-10-7-16(13-22-18)23-15-5-8-17(26-2)9-6-15/h4-13,23H,1-3H3,(H,24,25). The van der Waals surface area contributed by atoms with E-state index in [4.69, 9.17) is 9.47 Å². The number of hydrogen-bond acceptors (Lipinski definition) is 5. The first-order valence-corrected chi connectivity index (χ1v) is 8.42. The highest BCUT2D eigenvalue weighted by Crippen LogP contribution is 2.26. The van der Waals surface area contributed by atoms with E-state index in [0.717, 1.165) is 22.7 Å². The van der Waals surface area contributed by atoms with Crippen LogP contribution < -0.4 is 20.1 Å². The van der Waals surface area contributed by atoms with Gasteiger partial charge in [-0.3, -0.25) is 4.79 Å². The molecular formula is C21H21N3O3. The second kappa shape index (κ2) is 8.23. The molecule has 138 valence electrons. The molecule has 0 aliphatic heterocycles. The van der Waals surface area contributed by atoms with Gasteiger partial charge < -0.3 is 20.1 Å². The zero-order valence-electron chi connectivity index (χ0n) is 15.4. The van der Waals surface area contributed by atoms with Gasteiger partial charge in [-0.25, -0.2) is 4.98 Å². The van der Waals surface area contributed by atoms with Crippen LogP contribution in [0.3, 0.4) is 0 Å². The lowest BCUT2D eigenvalue weighted by molar-refractivity contribution is 0.102. The number of methoxy groups -OCH3 is 2. The Labute approximate surface area is 158 Å². The molecule has 0 aliphatic carbocycles. The van der Waals surface area contributed by atoms with Gasteiger partial charge in [0.05, 0.1) is 31.8 Å². The lowest BCUT2D eigenvalue weighted by Gasteiger charge is -2.11. The third-order valence-corrected chi connectivity index (χ3v) is 3.98. The summed E-state index contributed by atoms with van der Waals surface area (Å²) in [5, 5.41) is 6.07. The molecule has 2 aromatic carbocycles. The number of amides is 1. The minimum Gasteiger partial charge on any atom is -0.497 e. The van der Waals surface area contributed by atoms with Gasteiger partial charge in [0.2, 0.25) is 0 Å². The molecule has 0 saturated heterocycles. The summed E-state index contributed by atoms with van der Waals surface area (Å²) in [4.78, 5) is 16.7. The fraction of sp³-hybridized carbons (Fsp3) is 0.143. The van der Waals surface area contributed by atoms with E-state index in [1.165, 1.54) is 0 Å². The minimum atomic E-state index is -0.296. The molecule has 0 atom stereocenters. The summed E-state index contributed by atoms with van der Waals surface area (Å²) in [6.45, 7) is 1.95. The van der Waals surface area contributed by atoms with E-state index in [0.29, 0.717) is 17.1 Å². The van der Waals surface area contributed by atoms with Crippen molar-refractivity contribution in [1.29, 1.82) is 0 Å². The summed E-state index contributed by atoms with van der Waals surface area (Å²) in [5.41, 5.74) is 3.64. The number of benzene rings is 2. The van der Waals surface area contributed by atoms with Crippen molar-refractivity contribution in [2.24, 2.45) is 0 Å². The molecule has 3 rings (SSSR count). The lowest BCUT2D eigenvalue weighted by atomic mass is 10.2. The van der Waals surface area contributed by atoms with E-state index < -0.39 is 0 Å². The van der Waals surface area contributed by atoms with Gasteiger partial charge in [0.15, 0.2) is 0 Å². The molecular weight excluding hydrogens is 342 g/mol. The first-order valence-electron chi connectivity index (χ1n) is 8.42. The Hall–Kier alpha value is -3.54. The van der Waals surface area contributed by atoms with E-state index in [-0.39, 0.29) is 5.91 Å². The Balaban J connectivity index is 1.69. The Morgan fingerprint density at radius 1 is 0.926 bits per heavy atom. The Bertz CT molecular complexity index is 922. The van der Waals surface area contributed by atoms with E-state index in [2.05, 4.69) is 15.6 Å². The highest BCUT2D eigenvalue weighted by molar-refractivity contribution is 6.03. The van der Waals surface area contributed by atoms with Gasteiger partial charge in [-0.15, -0.1) is 0 Å². The average molecular weight is 363 g/mol. The van der Waals surface area contributed by atoms with Gasteiger partial charge in [-0.2, -0.15) is 0 Å². The number of nitrogens with one attached hydrogen (secondary N) is 2. The van der Waals surface area contributed by atoms with Crippen LogP contribution in [0, 0.1) is 6.92 Å². The van der Waals surface area contributed by atoms with Crippen LogP contribution in [0.4, 0.5) is 17.1 Å². The van der Waals surface area contributed by atoms with Crippen molar-refractivity contribution in [1.82, 2.24) is 4.98 Å². The fourth-order valence-corrected chi connectivity index (χ4v) is 2.55. The first kappa shape index (κ1) is 18.3. The number of nitrogens with zero attached hydrogens (tertiary/aromatic N) is 1. The van der Waals surface area contributed by atoms with Crippen LogP contribution in [0.2, 0.25) is 0 Å². The van der Waals surface area contributed by atoms with Crippen LogP contribution in [-0.4, -0.2) is 25.1 Å². The molecule has 1 amide bonds. The van der Waals surface area contributed by atoms with E-state index in [1.807, 2.05) is 49.4 Å². The summed E-state index contributed by atoms with van der Waals surface area (Å²) in [6, 6.07) is 16.6. The minimum absolute atomic E-state index is 0.296. The largest absolute Gasteiger partial charge is 0.497 e. The molecule has 1 heterocycles. The van der Waals surface area contributed by atoms with Crippen molar-refractivity contribution in [2.45, 2.75) is 6.92 Å². The highest BCUT2D eigenvalue weighted by Gasteiger charge is 2.11. The molecule has 27 heavy (non-hydrogen) atoms. The SMILES string of the molecule is COc1ccc(Nc2ccc(C(=O)Nc3cc(C)ccc3OC)nc2)cc1. The molecule has 0 aliphatic rings. The number of carbonyl (C=O) groups excluding carboxylic acids is 1. The van der Waals surface area contributed by atoms with Crippen molar-refractivity contribution in [3.05, 3.63) is 72.1 Å². The number of carbonyl (C=O) groups is 1. The molecule has 0 bridgehead atoms. The molecule has 0 radical (unpaired) electrons. The zero-order chi connectivity index (χ0) is 19.2. The van der Waals surface area contributed by atoms with Gasteiger partial charge in [-0.05, 0) is 61.0 Å². The van der Waals surface area contributed by atoms with E-state index in [9.17, 15) is 4.79 Å². The third kappa shape index (κ3) is 4.55. The number of aryl methyl sites for hydroxylation is 1. The first-order chi connectivity index (χ1) is 13.1. The third-order valence-electron chi connectivity index (χ3n) is 3.98. The van der Waals surface area contributed by atoms with Crippen LogP contribution in [0.25, 0.3) is 0 Å². The normalized spacial score (nSPS) is 10.2. The van der Waals surface area contributed by atoms with Crippen molar-refractivity contribution < 1.29 is 14.3 Å². The molecule has 3 aromatic rings. The van der Waals surface area contributed by atoms with Crippen molar-refractivity contribution in [3.63, 3.8) is 0 Å². The number of ether oxygens (including phenoxy) is 2. The summed E-state index contributed by atoms with van der Waals surface area (Å²) >= 11 is 0. The Kier molecular flexibility index (Phi) is 5.56. The van der Waals surface area contributed by atoms with Crippen molar-refractivity contribution >= 4 is 23.0 Å². The number of aromatic nitrogens is 1. The average Bonchev–Trinajstić information content (AvgIpc) is 2.69. The summed E-state index contributed by atoms with van der Waals surface area (Å²) in [7, 11) is 3.20. The smallest absolute Gasteiger partial charge is 0.274 e. The molecule has 0 fully saturated rings. The maximum atomic E-state index is 12.5. The Morgan fingerprint density at radius 3 is 2.30 bits per heavy atom. The predicted octanol–water partition coefficient (Wildman–Crippen LogP) is 4.40. The van der Waals surface area contributed by atoms with Gasteiger partial charge in [-0.1, -0.05) is 6.07 Å². The second-order valence-corrected chi connectivity index (χ2v) is 5.94. The lowest BCUT2D eigenvalue weighted by Crippen LogP contribution is -2.14. The Morgan fingerprint density at radius 2 is 1.67 bits per heavy atom. The number of pyridine rings is 1. The summed E-state index contributed by atoms with van der Waals surface area (Å²) < 4.78 is 10.4. The molecule has 0 spiro atoms. The quantitative estimate of drug-likeness (QED) is 0.679.